The number of thioether (sulfide) groups is 1. The molecule has 0 radical (unpaired) electrons. The number of rotatable bonds is 4. The zero-order chi connectivity index (χ0) is 12.4. The lowest BCUT2D eigenvalue weighted by Crippen LogP contribution is -2.01. The van der Waals surface area contributed by atoms with Crippen LogP contribution in [0.25, 0.3) is 11.1 Å². The fourth-order valence-electron chi connectivity index (χ4n) is 1.30. The summed E-state index contributed by atoms with van der Waals surface area (Å²) in [6, 6.07) is 4.53. The fourth-order valence-corrected chi connectivity index (χ4v) is 2.00. The van der Waals surface area contributed by atoms with Crippen LogP contribution < -0.4 is 0 Å². The first-order valence-corrected chi connectivity index (χ1v) is 5.89. The second kappa shape index (κ2) is 4.77. The topological polar surface area (TPSA) is 83.6 Å². The Morgan fingerprint density at radius 1 is 1.59 bits per heavy atom. The first-order valence-electron chi connectivity index (χ1n) is 5.01. The van der Waals surface area contributed by atoms with Crippen LogP contribution in [0.5, 0.6) is 0 Å². The third kappa shape index (κ3) is 2.59. The number of carbonyl (C=O) groups is 1. The van der Waals surface area contributed by atoms with Crippen LogP contribution in [0.4, 0.5) is 0 Å². The maximum Gasteiger partial charge on any atom is 0.335 e. The van der Waals surface area contributed by atoms with Crippen LogP contribution in [0.15, 0.2) is 27.8 Å². The number of oxazole rings is 1. The normalized spacial score (nSPS) is 12.8. The lowest BCUT2D eigenvalue weighted by atomic mass is 10.2. The molecule has 1 aromatic carbocycles. The summed E-state index contributed by atoms with van der Waals surface area (Å²) in [5.74, 6) is -0.999. The van der Waals surface area contributed by atoms with E-state index in [1.54, 1.807) is 6.07 Å². The summed E-state index contributed by atoms with van der Waals surface area (Å²) in [6.07, 6.45) is 0. The van der Waals surface area contributed by atoms with Gasteiger partial charge in [0.05, 0.1) is 12.2 Å². The average Bonchev–Trinajstić information content (AvgIpc) is 2.69. The van der Waals surface area contributed by atoms with E-state index in [9.17, 15) is 4.79 Å². The number of hydrogen-bond donors (Lipinski definition) is 2. The number of aliphatic hydroxyl groups excluding tert-OH is 1. The molecule has 0 aliphatic rings. The van der Waals surface area contributed by atoms with Gasteiger partial charge in [-0.3, -0.25) is 0 Å². The Balaban J connectivity index is 2.33. The van der Waals surface area contributed by atoms with E-state index >= 15 is 0 Å². The molecule has 0 spiro atoms. The van der Waals surface area contributed by atoms with Crippen molar-refractivity contribution in [1.82, 2.24) is 4.98 Å². The molecule has 0 aliphatic heterocycles. The van der Waals surface area contributed by atoms with Crippen LogP contribution >= 0.6 is 11.8 Å². The molecule has 0 fully saturated rings. The van der Waals surface area contributed by atoms with Gasteiger partial charge in [0.2, 0.25) is 0 Å². The van der Waals surface area contributed by atoms with E-state index in [0.29, 0.717) is 16.3 Å². The van der Waals surface area contributed by atoms with Gasteiger partial charge in [-0.25, -0.2) is 9.78 Å². The van der Waals surface area contributed by atoms with Crippen molar-refractivity contribution in [3.05, 3.63) is 23.8 Å². The zero-order valence-electron chi connectivity index (χ0n) is 9.08. The lowest BCUT2D eigenvalue weighted by Gasteiger charge is -2.01. The maximum atomic E-state index is 10.8. The number of benzene rings is 1. The van der Waals surface area contributed by atoms with Gasteiger partial charge in [0.15, 0.2) is 5.58 Å². The van der Waals surface area contributed by atoms with Gasteiger partial charge >= 0.3 is 5.97 Å². The highest BCUT2D eigenvalue weighted by molar-refractivity contribution is 7.99. The molecule has 1 unspecified atom stereocenters. The maximum absolute atomic E-state index is 10.8. The van der Waals surface area contributed by atoms with E-state index in [0.717, 1.165) is 0 Å². The van der Waals surface area contributed by atoms with Crippen LogP contribution in [0, 0.1) is 0 Å². The number of aromatic carboxylic acids is 1. The fraction of sp³-hybridized carbons (Fsp3) is 0.273. The third-order valence-corrected chi connectivity index (χ3v) is 3.10. The number of aliphatic hydroxyl groups is 1. The van der Waals surface area contributed by atoms with Crippen molar-refractivity contribution in [1.29, 1.82) is 0 Å². The van der Waals surface area contributed by atoms with Gasteiger partial charge < -0.3 is 14.6 Å². The predicted molar refractivity (Wildman–Crippen MR) is 63.4 cm³/mol. The second-order valence-corrected chi connectivity index (χ2v) is 4.97. The van der Waals surface area contributed by atoms with Gasteiger partial charge in [-0.1, -0.05) is 18.7 Å². The van der Waals surface area contributed by atoms with Gasteiger partial charge in [0, 0.05) is 5.25 Å². The number of carboxylic acid groups (broad SMARTS) is 1. The molecule has 1 heterocycles. The van der Waals surface area contributed by atoms with Crippen LogP contribution in [0.1, 0.15) is 17.3 Å². The van der Waals surface area contributed by atoms with Crippen LogP contribution in [-0.2, 0) is 0 Å². The standard InChI is InChI=1S/C11H11NO4S/c1-6(5-13)17-11-12-8-3-2-7(10(14)15)4-9(8)16-11/h2-4,6,13H,5H2,1H3,(H,14,15). The zero-order valence-corrected chi connectivity index (χ0v) is 9.90. The largest absolute Gasteiger partial charge is 0.478 e. The molecule has 1 aromatic heterocycles. The monoisotopic (exact) mass is 253 g/mol. The van der Waals surface area contributed by atoms with Crippen molar-refractivity contribution in [2.24, 2.45) is 0 Å². The molecule has 0 amide bonds. The minimum absolute atomic E-state index is 0.0120. The molecule has 2 aromatic rings. The Bertz CT molecular complexity index is 551. The number of carboxylic acids is 1. The Morgan fingerprint density at radius 2 is 2.35 bits per heavy atom. The summed E-state index contributed by atoms with van der Waals surface area (Å²) in [6.45, 7) is 1.88. The molecular formula is C11H11NO4S. The molecular weight excluding hydrogens is 242 g/mol. The minimum atomic E-state index is -0.999. The number of hydrogen-bond acceptors (Lipinski definition) is 5. The summed E-state index contributed by atoms with van der Waals surface area (Å²) < 4.78 is 5.41. The Morgan fingerprint density at radius 3 is 3.00 bits per heavy atom. The van der Waals surface area contributed by atoms with Crippen molar-refractivity contribution in [2.45, 2.75) is 17.4 Å². The number of fused-ring (bicyclic) bond motifs is 1. The van der Waals surface area contributed by atoms with E-state index < -0.39 is 5.97 Å². The average molecular weight is 253 g/mol. The minimum Gasteiger partial charge on any atom is -0.478 e. The van der Waals surface area contributed by atoms with E-state index in [1.165, 1.54) is 23.9 Å². The van der Waals surface area contributed by atoms with Crippen LogP contribution in [-0.4, -0.2) is 33.0 Å². The van der Waals surface area contributed by atoms with Crippen molar-refractivity contribution >= 4 is 28.8 Å². The molecule has 0 saturated heterocycles. The number of aromatic nitrogens is 1. The second-order valence-electron chi connectivity index (χ2n) is 3.58. The molecule has 17 heavy (non-hydrogen) atoms. The van der Waals surface area contributed by atoms with E-state index in [2.05, 4.69) is 4.98 Å². The summed E-state index contributed by atoms with van der Waals surface area (Å²) in [4.78, 5) is 15.0. The SMILES string of the molecule is CC(CO)Sc1nc2ccc(C(=O)O)cc2o1. The summed E-state index contributed by atoms with van der Waals surface area (Å²) >= 11 is 1.31. The van der Waals surface area contributed by atoms with Crippen molar-refractivity contribution < 1.29 is 19.4 Å². The van der Waals surface area contributed by atoms with E-state index in [-0.39, 0.29) is 17.4 Å². The molecule has 0 bridgehead atoms. The molecule has 0 saturated carbocycles. The van der Waals surface area contributed by atoms with Gasteiger partial charge in [0.25, 0.3) is 5.22 Å². The first-order chi connectivity index (χ1) is 8.10. The number of nitrogens with zero attached hydrogens (tertiary/aromatic N) is 1. The predicted octanol–water partition coefficient (Wildman–Crippen LogP) is 2.00. The van der Waals surface area contributed by atoms with Gasteiger partial charge in [-0.15, -0.1) is 0 Å². The first kappa shape index (κ1) is 11.9. The molecule has 90 valence electrons. The van der Waals surface area contributed by atoms with Crippen molar-refractivity contribution in [3.8, 4) is 0 Å². The summed E-state index contributed by atoms with van der Waals surface area (Å²) in [7, 11) is 0. The summed E-state index contributed by atoms with van der Waals surface area (Å²) in [5, 5.41) is 18.2. The van der Waals surface area contributed by atoms with Gasteiger partial charge in [-0.2, -0.15) is 0 Å². The Hall–Kier alpha value is -1.53. The highest BCUT2D eigenvalue weighted by atomic mass is 32.2. The third-order valence-electron chi connectivity index (χ3n) is 2.17. The van der Waals surface area contributed by atoms with Crippen molar-refractivity contribution in [3.63, 3.8) is 0 Å². The van der Waals surface area contributed by atoms with E-state index in [1.807, 2.05) is 6.92 Å². The quantitative estimate of drug-likeness (QED) is 0.811. The van der Waals surface area contributed by atoms with Gasteiger partial charge in [0.1, 0.15) is 5.52 Å². The molecule has 5 nitrogen and oxygen atoms in total. The molecule has 2 rings (SSSR count). The highest BCUT2D eigenvalue weighted by Gasteiger charge is 2.12. The van der Waals surface area contributed by atoms with Crippen LogP contribution in [0.3, 0.4) is 0 Å². The summed E-state index contributed by atoms with van der Waals surface area (Å²) in [5.41, 5.74) is 1.22. The molecule has 0 aliphatic carbocycles. The van der Waals surface area contributed by atoms with E-state index in [4.69, 9.17) is 14.6 Å². The molecule has 2 N–H and O–H groups in total. The lowest BCUT2D eigenvalue weighted by molar-refractivity contribution is 0.0697. The van der Waals surface area contributed by atoms with Crippen LogP contribution in [0.2, 0.25) is 0 Å². The van der Waals surface area contributed by atoms with Gasteiger partial charge in [-0.05, 0) is 18.2 Å². The van der Waals surface area contributed by atoms with Crippen molar-refractivity contribution in [2.75, 3.05) is 6.61 Å². The molecule has 6 heteroatoms. The Kier molecular flexibility index (Phi) is 3.35. The smallest absolute Gasteiger partial charge is 0.335 e. The Labute approximate surface area is 101 Å². The molecule has 1 atom stereocenters. The highest BCUT2D eigenvalue weighted by Crippen LogP contribution is 2.26.